The predicted octanol–water partition coefficient (Wildman–Crippen LogP) is 4.57. The number of aromatic nitrogens is 2. The van der Waals surface area contributed by atoms with Gasteiger partial charge in [0.2, 0.25) is 0 Å². The number of fused-ring (bicyclic) bond motifs is 2. The summed E-state index contributed by atoms with van der Waals surface area (Å²) in [7, 11) is 0. The lowest BCUT2D eigenvalue weighted by Crippen LogP contribution is -2.16. The van der Waals surface area contributed by atoms with Gasteiger partial charge < -0.3 is 5.73 Å². The van der Waals surface area contributed by atoms with Crippen LogP contribution in [-0.4, -0.2) is 15.6 Å². The van der Waals surface area contributed by atoms with Crippen molar-refractivity contribution in [3.05, 3.63) is 81.0 Å². The third-order valence-electron chi connectivity index (χ3n) is 4.83. The first kappa shape index (κ1) is 16.6. The molecule has 0 saturated heterocycles. The number of nitrogens with two attached hydrogens (primary N) is 1. The molecule has 5 nitrogen and oxygen atoms in total. The van der Waals surface area contributed by atoms with E-state index in [0.717, 1.165) is 33.6 Å². The Morgan fingerprint density at radius 2 is 1.96 bits per heavy atom. The van der Waals surface area contributed by atoms with Crippen molar-refractivity contribution in [3.63, 3.8) is 0 Å². The number of allylic oxidation sites excluding steroid dienone is 1. The zero-order chi connectivity index (χ0) is 19.3. The van der Waals surface area contributed by atoms with E-state index in [0.29, 0.717) is 16.3 Å². The maximum atomic E-state index is 12.7. The number of nitrogen functional groups attached to an aromatic ring is 1. The largest absolute Gasteiger partial charge is 0.384 e. The average molecular weight is 384 g/mol. The number of hydrogen-bond acceptors (Lipinski definition) is 5. The molecule has 0 atom stereocenters. The third kappa shape index (κ3) is 2.58. The fourth-order valence-electron chi connectivity index (χ4n) is 3.42. The monoisotopic (exact) mass is 384 g/mol. The second kappa shape index (κ2) is 6.28. The standard InChI is InChI=1S/C22H16N4OS/c1-13-7-8-18-16(9-13)15(11-24-18)10-17-20(23)26-19(14-5-3-2-4-6-14)12-28-22(26)25-21(17)27/h2-12H,23H2,1H3/b15-10+. The minimum atomic E-state index is -0.332. The summed E-state index contributed by atoms with van der Waals surface area (Å²) in [6, 6.07) is 16.0. The number of aryl methyl sites for hydroxylation is 1. The van der Waals surface area contributed by atoms with Gasteiger partial charge in [0.1, 0.15) is 5.82 Å². The van der Waals surface area contributed by atoms with Crippen LogP contribution in [0.15, 0.2) is 63.7 Å². The molecule has 3 heterocycles. The van der Waals surface area contributed by atoms with Crippen LogP contribution < -0.4 is 11.3 Å². The molecule has 2 aromatic heterocycles. The summed E-state index contributed by atoms with van der Waals surface area (Å²) in [5, 5.41) is 1.97. The topological polar surface area (TPSA) is 72.8 Å². The number of aliphatic imine (C=N–C) groups is 1. The SMILES string of the molecule is Cc1ccc2c(c1)/C(=C/c1c(N)n3c(-c4ccccc4)csc3nc1=O)C=N2. The molecule has 1 aliphatic heterocycles. The molecular formula is C22H16N4OS. The normalized spacial score (nSPS) is 14.1. The van der Waals surface area contributed by atoms with Gasteiger partial charge in [-0.15, -0.1) is 11.3 Å². The molecule has 6 heteroatoms. The summed E-state index contributed by atoms with van der Waals surface area (Å²) in [6.45, 7) is 2.03. The minimum absolute atomic E-state index is 0.332. The second-order valence-corrected chi connectivity index (χ2v) is 7.54. The van der Waals surface area contributed by atoms with Crippen molar-refractivity contribution in [2.75, 3.05) is 5.73 Å². The van der Waals surface area contributed by atoms with Gasteiger partial charge in [-0.05, 0) is 30.7 Å². The van der Waals surface area contributed by atoms with E-state index in [1.807, 2.05) is 59.2 Å². The van der Waals surface area contributed by atoms with Crippen molar-refractivity contribution in [2.24, 2.45) is 4.99 Å². The molecule has 1 aliphatic rings. The van der Waals surface area contributed by atoms with E-state index in [1.165, 1.54) is 11.3 Å². The molecule has 2 N–H and O–H groups in total. The number of hydrogen-bond donors (Lipinski definition) is 1. The lowest BCUT2D eigenvalue weighted by atomic mass is 10.0. The number of nitrogens with zero attached hydrogens (tertiary/aromatic N) is 3. The van der Waals surface area contributed by atoms with E-state index in [9.17, 15) is 4.79 Å². The number of thiazole rings is 1. The van der Waals surface area contributed by atoms with E-state index in [4.69, 9.17) is 5.73 Å². The van der Waals surface area contributed by atoms with Gasteiger partial charge in [-0.3, -0.25) is 14.2 Å². The zero-order valence-corrected chi connectivity index (χ0v) is 15.9. The van der Waals surface area contributed by atoms with Crippen LogP contribution in [0.1, 0.15) is 16.7 Å². The molecule has 4 aromatic rings. The van der Waals surface area contributed by atoms with Gasteiger partial charge in [-0.25, -0.2) is 0 Å². The molecule has 5 rings (SSSR count). The second-order valence-electron chi connectivity index (χ2n) is 6.70. The van der Waals surface area contributed by atoms with Crippen LogP contribution in [0.4, 0.5) is 11.5 Å². The van der Waals surface area contributed by atoms with Crippen molar-refractivity contribution in [3.8, 4) is 11.3 Å². The van der Waals surface area contributed by atoms with Gasteiger partial charge in [0.25, 0.3) is 5.56 Å². The van der Waals surface area contributed by atoms with Crippen molar-refractivity contribution in [1.82, 2.24) is 9.38 Å². The summed E-state index contributed by atoms with van der Waals surface area (Å²) >= 11 is 1.40. The molecular weight excluding hydrogens is 368 g/mol. The molecule has 0 saturated carbocycles. The molecule has 28 heavy (non-hydrogen) atoms. The molecule has 0 spiro atoms. The fourth-order valence-corrected chi connectivity index (χ4v) is 4.31. The van der Waals surface area contributed by atoms with E-state index < -0.39 is 0 Å². The van der Waals surface area contributed by atoms with Crippen LogP contribution in [0.25, 0.3) is 27.9 Å². The maximum Gasteiger partial charge on any atom is 0.283 e. The summed E-state index contributed by atoms with van der Waals surface area (Å²) in [5.74, 6) is 0.386. The lowest BCUT2D eigenvalue weighted by Gasteiger charge is -2.08. The maximum absolute atomic E-state index is 12.7. The number of anilines is 1. The van der Waals surface area contributed by atoms with E-state index in [-0.39, 0.29) is 5.56 Å². The Balaban J connectivity index is 1.73. The highest BCUT2D eigenvalue weighted by Crippen LogP contribution is 2.34. The Labute approximate surface area is 165 Å². The number of rotatable bonds is 2. The first-order valence-electron chi connectivity index (χ1n) is 8.84. The summed E-state index contributed by atoms with van der Waals surface area (Å²) < 4.78 is 1.84. The van der Waals surface area contributed by atoms with Crippen LogP contribution in [0.3, 0.4) is 0 Å². The summed E-state index contributed by atoms with van der Waals surface area (Å²) in [4.78, 5) is 22.0. The third-order valence-corrected chi connectivity index (χ3v) is 5.65. The van der Waals surface area contributed by atoms with Gasteiger partial charge >= 0.3 is 0 Å². The van der Waals surface area contributed by atoms with Crippen molar-refractivity contribution in [2.45, 2.75) is 6.92 Å². The van der Waals surface area contributed by atoms with Crippen LogP contribution >= 0.6 is 11.3 Å². The highest BCUT2D eigenvalue weighted by atomic mass is 32.1. The molecule has 0 aliphatic carbocycles. The average Bonchev–Trinajstić information content (AvgIpc) is 3.30. The molecule has 2 aromatic carbocycles. The Morgan fingerprint density at radius 1 is 1.14 bits per heavy atom. The first-order valence-corrected chi connectivity index (χ1v) is 9.72. The molecule has 0 unspecified atom stereocenters. The Hall–Kier alpha value is -3.51. The molecule has 0 amide bonds. The smallest absolute Gasteiger partial charge is 0.283 e. The van der Waals surface area contributed by atoms with Gasteiger partial charge in [0.05, 0.1) is 16.9 Å². The quantitative estimate of drug-likeness (QED) is 0.550. The fraction of sp³-hybridized carbons (Fsp3) is 0.0455. The molecule has 0 radical (unpaired) electrons. The summed E-state index contributed by atoms with van der Waals surface area (Å²) in [6.07, 6.45) is 3.56. The lowest BCUT2D eigenvalue weighted by molar-refractivity contribution is 1.12. The highest BCUT2D eigenvalue weighted by Gasteiger charge is 2.17. The van der Waals surface area contributed by atoms with Gasteiger partial charge in [-0.1, -0.05) is 42.0 Å². The molecule has 0 bridgehead atoms. The first-order chi connectivity index (χ1) is 13.6. The minimum Gasteiger partial charge on any atom is -0.384 e. The van der Waals surface area contributed by atoms with Crippen LogP contribution in [0.2, 0.25) is 0 Å². The highest BCUT2D eigenvalue weighted by molar-refractivity contribution is 7.15. The van der Waals surface area contributed by atoms with E-state index in [1.54, 1.807) is 12.3 Å². The number of benzene rings is 2. The Morgan fingerprint density at radius 3 is 2.79 bits per heavy atom. The van der Waals surface area contributed by atoms with Crippen LogP contribution in [0, 0.1) is 6.92 Å². The molecule has 0 fully saturated rings. The van der Waals surface area contributed by atoms with Crippen molar-refractivity contribution >= 4 is 45.7 Å². The van der Waals surface area contributed by atoms with Gasteiger partial charge in [0.15, 0.2) is 4.96 Å². The predicted molar refractivity (Wildman–Crippen MR) is 116 cm³/mol. The van der Waals surface area contributed by atoms with E-state index in [2.05, 4.69) is 16.0 Å². The summed E-state index contributed by atoms with van der Waals surface area (Å²) in [5.41, 5.74) is 12.3. The zero-order valence-electron chi connectivity index (χ0n) is 15.1. The van der Waals surface area contributed by atoms with Gasteiger partial charge in [-0.2, -0.15) is 4.98 Å². The van der Waals surface area contributed by atoms with Crippen LogP contribution in [0.5, 0.6) is 0 Å². The molecule has 136 valence electrons. The van der Waals surface area contributed by atoms with Crippen molar-refractivity contribution in [1.29, 1.82) is 0 Å². The Kier molecular flexibility index (Phi) is 3.74. The van der Waals surface area contributed by atoms with Crippen molar-refractivity contribution < 1.29 is 0 Å². The van der Waals surface area contributed by atoms with Gasteiger partial charge in [0, 0.05) is 22.7 Å². The van der Waals surface area contributed by atoms with E-state index >= 15 is 0 Å². The Bertz CT molecular complexity index is 1350. The van der Waals surface area contributed by atoms with Crippen LogP contribution in [-0.2, 0) is 0 Å².